The van der Waals surface area contributed by atoms with E-state index in [1.165, 1.54) is 15.5 Å². The first-order valence-electron chi connectivity index (χ1n) is 15.4. The van der Waals surface area contributed by atoms with E-state index in [2.05, 4.69) is 127 Å². The van der Waals surface area contributed by atoms with Crippen molar-refractivity contribution >= 4 is 75.1 Å². The Bertz CT molecular complexity index is 2810. The molecule has 0 unspecified atom stereocenters. The Balaban J connectivity index is 1.35. The van der Waals surface area contributed by atoms with Gasteiger partial charge in [-0.2, -0.15) is 0 Å². The average Bonchev–Trinajstić information content (AvgIpc) is 3.70. The number of aromatic nitrogens is 2. The Kier molecular flexibility index (Phi) is 5.45. The lowest BCUT2D eigenvalue weighted by atomic mass is 9.92. The van der Waals surface area contributed by atoms with Gasteiger partial charge in [0.05, 0.1) is 15.9 Å². The van der Waals surface area contributed by atoms with Gasteiger partial charge in [0.25, 0.3) is 0 Å². The van der Waals surface area contributed by atoms with E-state index in [0.29, 0.717) is 5.82 Å². The van der Waals surface area contributed by atoms with Crippen LogP contribution < -0.4 is 0 Å². The number of furan rings is 1. The maximum atomic E-state index is 6.69. The molecule has 10 rings (SSSR count). The molecule has 4 heteroatoms. The maximum absolute atomic E-state index is 6.69. The van der Waals surface area contributed by atoms with E-state index >= 15 is 0 Å². The first-order valence-corrected chi connectivity index (χ1v) is 16.2. The van der Waals surface area contributed by atoms with E-state index in [-0.39, 0.29) is 0 Å². The summed E-state index contributed by atoms with van der Waals surface area (Å²) in [4.78, 5) is 10.7. The predicted molar refractivity (Wildman–Crippen MR) is 194 cm³/mol. The van der Waals surface area contributed by atoms with E-state index < -0.39 is 0 Å². The van der Waals surface area contributed by atoms with Gasteiger partial charge in [0, 0.05) is 37.4 Å². The normalized spacial score (nSPS) is 11.9. The fourth-order valence-electron chi connectivity index (χ4n) is 6.93. The van der Waals surface area contributed by atoms with Gasteiger partial charge in [0.15, 0.2) is 5.82 Å². The van der Waals surface area contributed by atoms with Crippen molar-refractivity contribution in [2.75, 3.05) is 0 Å². The number of hydrogen-bond acceptors (Lipinski definition) is 4. The summed E-state index contributed by atoms with van der Waals surface area (Å²) in [5, 5.41) is 7.87. The SMILES string of the molecule is c1ccc(-c2nc(-c3cc4c(-c5ccc6ccccc6c5)cccc4c4oc5ccccc5c34)nc3c2sc2ccccc23)cc1. The molecule has 0 radical (unpaired) electrons. The van der Waals surface area contributed by atoms with Gasteiger partial charge in [0.1, 0.15) is 11.2 Å². The highest BCUT2D eigenvalue weighted by atomic mass is 32.1. The van der Waals surface area contributed by atoms with Crippen molar-refractivity contribution in [3.05, 3.63) is 146 Å². The van der Waals surface area contributed by atoms with Crippen LogP contribution in [-0.2, 0) is 0 Å². The fraction of sp³-hybridized carbons (Fsp3) is 0. The molecular weight excluding hydrogens is 581 g/mol. The van der Waals surface area contributed by atoms with Crippen LogP contribution in [0.3, 0.4) is 0 Å². The van der Waals surface area contributed by atoms with Gasteiger partial charge in [-0.15, -0.1) is 11.3 Å². The summed E-state index contributed by atoms with van der Waals surface area (Å²) < 4.78 is 9.00. The van der Waals surface area contributed by atoms with Crippen LogP contribution in [-0.4, -0.2) is 9.97 Å². The second-order valence-electron chi connectivity index (χ2n) is 11.7. The van der Waals surface area contributed by atoms with Crippen LogP contribution in [0.4, 0.5) is 0 Å². The van der Waals surface area contributed by atoms with Crippen LogP contribution in [0.5, 0.6) is 0 Å². The fourth-order valence-corrected chi connectivity index (χ4v) is 8.08. The van der Waals surface area contributed by atoms with Crippen molar-refractivity contribution in [1.82, 2.24) is 9.97 Å². The number of para-hydroxylation sites is 1. The summed E-state index contributed by atoms with van der Waals surface area (Å²) in [6, 6.07) is 51.3. The standard InChI is InChI=1S/C42H24N2OS/c1-2-12-26(13-3-1)38-41-39(32-16-7-9-20-36(32)46-41)44-42(43-38)34-24-33-29(28-22-21-25-11-4-5-14-27(25)23-28)17-10-18-30(33)40-37(34)31-15-6-8-19-35(31)45-40/h1-24H. The average molecular weight is 605 g/mol. The van der Waals surface area contributed by atoms with Crippen LogP contribution >= 0.6 is 11.3 Å². The minimum absolute atomic E-state index is 0.696. The third-order valence-electron chi connectivity index (χ3n) is 9.07. The molecule has 0 aliphatic rings. The predicted octanol–water partition coefficient (Wildman–Crippen LogP) is 12.1. The molecule has 0 fully saturated rings. The van der Waals surface area contributed by atoms with Crippen LogP contribution in [0.25, 0.3) is 97.6 Å². The van der Waals surface area contributed by atoms with Gasteiger partial charge in [-0.3, -0.25) is 0 Å². The van der Waals surface area contributed by atoms with Crippen molar-refractivity contribution in [3.63, 3.8) is 0 Å². The molecule has 0 N–H and O–H groups in total. The molecule has 214 valence electrons. The van der Waals surface area contributed by atoms with Gasteiger partial charge >= 0.3 is 0 Å². The summed E-state index contributed by atoms with van der Waals surface area (Å²) in [5.74, 6) is 0.696. The number of fused-ring (bicyclic) bond motifs is 9. The lowest BCUT2D eigenvalue weighted by Crippen LogP contribution is -1.95. The summed E-state index contributed by atoms with van der Waals surface area (Å²) in [5.41, 5.74) is 8.00. The second-order valence-corrected chi connectivity index (χ2v) is 12.8. The van der Waals surface area contributed by atoms with Crippen molar-refractivity contribution in [1.29, 1.82) is 0 Å². The molecule has 46 heavy (non-hydrogen) atoms. The zero-order valence-electron chi connectivity index (χ0n) is 24.6. The number of rotatable bonds is 3. The third kappa shape index (κ3) is 3.77. The van der Waals surface area contributed by atoms with Crippen molar-refractivity contribution < 1.29 is 4.42 Å². The first-order chi connectivity index (χ1) is 22.8. The molecule has 3 nitrogen and oxygen atoms in total. The van der Waals surface area contributed by atoms with E-state index in [4.69, 9.17) is 14.4 Å². The summed E-state index contributed by atoms with van der Waals surface area (Å²) in [7, 11) is 0. The van der Waals surface area contributed by atoms with Crippen LogP contribution in [0.15, 0.2) is 150 Å². The summed E-state index contributed by atoms with van der Waals surface area (Å²) in [6.07, 6.45) is 0. The Hall–Kier alpha value is -5.84. The molecule has 0 atom stereocenters. The Morgan fingerprint density at radius 2 is 1.26 bits per heavy atom. The molecule has 0 amide bonds. The monoisotopic (exact) mass is 604 g/mol. The highest BCUT2D eigenvalue weighted by Gasteiger charge is 2.22. The second kappa shape index (κ2) is 9.83. The number of hydrogen-bond donors (Lipinski definition) is 0. The number of benzene rings is 7. The van der Waals surface area contributed by atoms with Gasteiger partial charge in [-0.1, -0.05) is 121 Å². The molecule has 0 saturated heterocycles. The smallest absolute Gasteiger partial charge is 0.161 e. The molecule has 0 bridgehead atoms. The zero-order valence-corrected chi connectivity index (χ0v) is 25.4. The Morgan fingerprint density at radius 3 is 2.17 bits per heavy atom. The van der Waals surface area contributed by atoms with Crippen LogP contribution in [0, 0.1) is 0 Å². The van der Waals surface area contributed by atoms with Crippen molar-refractivity contribution in [3.8, 4) is 33.8 Å². The van der Waals surface area contributed by atoms with Crippen LogP contribution in [0.1, 0.15) is 0 Å². The largest absolute Gasteiger partial charge is 0.455 e. The highest BCUT2D eigenvalue weighted by Crippen LogP contribution is 2.45. The minimum Gasteiger partial charge on any atom is -0.455 e. The van der Waals surface area contributed by atoms with E-state index in [0.717, 1.165) is 76.3 Å². The van der Waals surface area contributed by atoms with Crippen LogP contribution in [0.2, 0.25) is 0 Å². The Labute approximate surface area is 268 Å². The molecule has 3 heterocycles. The summed E-state index contributed by atoms with van der Waals surface area (Å²) in [6.45, 7) is 0. The maximum Gasteiger partial charge on any atom is 0.161 e. The van der Waals surface area contributed by atoms with E-state index in [1.807, 2.05) is 18.2 Å². The lowest BCUT2D eigenvalue weighted by Gasteiger charge is -2.13. The molecule has 10 aromatic rings. The third-order valence-corrected chi connectivity index (χ3v) is 10.2. The van der Waals surface area contributed by atoms with Crippen molar-refractivity contribution in [2.45, 2.75) is 0 Å². The Morgan fingerprint density at radius 1 is 0.500 bits per heavy atom. The summed E-state index contributed by atoms with van der Waals surface area (Å²) >= 11 is 1.75. The topological polar surface area (TPSA) is 38.9 Å². The molecule has 7 aromatic carbocycles. The molecule has 0 spiro atoms. The van der Waals surface area contributed by atoms with Crippen molar-refractivity contribution in [2.24, 2.45) is 0 Å². The van der Waals surface area contributed by atoms with E-state index in [1.54, 1.807) is 11.3 Å². The van der Waals surface area contributed by atoms with Gasteiger partial charge in [0.2, 0.25) is 0 Å². The lowest BCUT2D eigenvalue weighted by molar-refractivity contribution is 0.672. The minimum atomic E-state index is 0.696. The van der Waals surface area contributed by atoms with Gasteiger partial charge in [-0.25, -0.2) is 9.97 Å². The van der Waals surface area contributed by atoms with Gasteiger partial charge < -0.3 is 4.42 Å². The first kappa shape index (κ1) is 25.5. The molecule has 0 aliphatic heterocycles. The van der Waals surface area contributed by atoms with Gasteiger partial charge in [-0.05, 0) is 51.6 Å². The highest BCUT2D eigenvalue weighted by molar-refractivity contribution is 7.26. The number of nitrogens with zero attached hydrogens (tertiary/aromatic N) is 2. The quantitative estimate of drug-likeness (QED) is 0.201. The zero-order chi connectivity index (χ0) is 30.2. The molecule has 0 saturated carbocycles. The molecule has 0 aliphatic carbocycles. The van der Waals surface area contributed by atoms with E-state index in [9.17, 15) is 0 Å². The molecular formula is C42H24N2OS. The number of thiophene rings is 1. The molecule has 3 aromatic heterocycles.